The summed E-state index contributed by atoms with van der Waals surface area (Å²) >= 11 is 0. The molecule has 2 aliphatic carbocycles. The molecule has 222 valence electrons. The van der Waals surface area contributed by atoms with Crippen LogP contribution in [0.3, 0.4) is 0 Å². The summed E-state index contributed by atoms with van der Waals surface area (Å²) in [6.07, 6.45) is 3.06. The molecule has 1 spiro atoms. The van der Waals surface area contributed by atoms with Crippen molar-refractivity contribution in [3.05, 3.63) is 95.1 Å². The summed E-state index contributed by atoms with van der Waals surface area (Å²) in [5.41, 5.74) is 2.47. The van der Waals surface area contributed by atoms with Gasteiger partial charge in [-0.3, -0.25) is 9.69 Å². The van der Waals surface area contributed by atoms with Crippen molar-refractivity contribution in [2.45, 2.75) is 75.2 Å². The van der Waals surface area contributed by atoms with Crippen LogP contribution in [0.5, 0.6) is 11.5 Å². The summed E-state index contributed by atoms with van der Waals surface area (Å²) in [4.78, 5) is 18.2. The molecule has 1 amide bonds. The molecule has 5 atom stereocenters. The highest BCUT2D eigenvalue weighted by Gasteiger charge is 2.73. The first-order valence-electron chi connectivity index (χ1n) is 15.7. The number of nitrogens with zero attached hydrogens (tertiary/aromatic N) is 2. The first kappa shape index (κ1) is 28.0. The number of ether oxygens (including phenoxy) is 1. The van der Waals surface area contributed by atoms with E-state index >= 15 is 0 Å². The monoisotopic (exact) mass is 576 g/mol. The van der Waals surface area contributed by atoms with E-state index in [1.54, 1.807) is 6.07 Å². The molecule has 2 N–H and O–H groups in total. The van der Waals surface area contributed by atoms with E-state index in [4.69, 9.17) is 4.74 Å². The van der Waals surface area contributed by atoms with Crippen molar-refractivity contribution >= 4 is 5.91 Å². The Labute approximate surface area is 254 Å². The molecule has 0 unspecified atom stereocenters. The third-order valence-corrected chi connectivity index (χ3v) is 10.4. The Bertz CT molecular complexity index is 1580. The van der Waals surface area contributed by atoms with E-state index in [1.165, 1.54) is 5.56 Å². The topological polar surface area (TPSA) is 73.2 Å². The summed E-state index contributed by atoms with van der Waals surface area (Å²) in [6.45, 7) is 6.46. The predicted molar refractivity (Wildman–Crippen MR) is 166 cm³/mol. The number of aliphatic hydroxyl groups is 1. The molecule has 1 saturated heterocycles. The molecule has 43 heavy (non-hydrogen) atoms. The first-order chi connectivity index (χ1) is 20.8. The Balaban J connectivity index is 1.26. The Morgan fingerprint density at radius 3 is 2.56 bits per heavy atom. The number of piperidine rings is 1. The summed E-state index contributed by atoms with van der Waals surface area (Å²) in [5, 5.41) is 23.9. The van der Waals surface area contributed by atoms with Gasteiger partial charge in [-0.2, -0.15) is 0 Å². The molecule has 2 fully saturated rings. The molecule has 6 nitrogen and oxygen atoms in total. The number of benzene rings is 3. The van der Waals surface area contributed by atoms with Gasteiger partial charge in [-0.05, 0) is 73.9 Å². The molecular weight excluding hydrogens is 536 g/mol. The van der Waals surface area contributed by atoms with Gasteiger partial charge in [0.15, 0.2) is 11.5 Å². The number of hydrogen-bond acceptors (Lipinski definition) is 5. The maximum atomic E-state index is 13.8. The van der Waals surface area contributed by atoms with E-state index in [0.29, 0.717) is 38.0 Å². The van der Waals surface area contributed by atoms with E-state index in [9.17, 15) is 15.0 Å². The predicted octanol–water partition coefficient (Wildman–Crippen LogP) is 4.69. The van der Waals surface area contributed by atoms with Crippen molar-refractivity contribution < 1.29 is 19.7 Å². The van der Waals surface area contributed by atoms with Crippen molar-refractivity contribution in [3.63, 3.8) is 0 Å². The lowest BCUT2D eigenvalue weighted by atomic mass is 9.48. The number of phenols is 1. The van der Waals surface area contributed by atoms with E-state index in [-0.39, 0.29) is 29.7 Å². The number of hydrogen-bond donors (Lipinski definition) is 2. The molecule has 0 aromatic heterocycles. The Hall–Kier alpha value is -3.79. The second-order valence-corrected chi connectivity index (χ2v) is 13.2. The van der Waals surface area contributed by atoms with Gasteiger partial charge in [0.25, 0.3) is 5.91 Å². The largest absolute Gasteiger partial charge is 0.504 e. The van der Waals surface area contributed by atoms with Gasteiger partial charge in [-0.15, -0.1) is 0 Å². The number of carbonyl (C=O) groups is 1. The van der Waals surface area contributed by atoms with Gasteiger partial charge < -0.3 is 19.8 Å². The molecule has 0 radical (unpaired) electrons. The number of amides is 1. The zero-order valence-electron chi connectivity index (χ0n) is 25.0. The molecule has 7 rings (SSSR count). The molecule has 2 heterocycles. The summed E-state index contributed by atoms with van der Waals surface area (Å²) < 4.78 is 6.76. The average molecular weight is 577 g/mol. The van der Waals surface area contributed by atoms with Crippen LogP contribution >= 0.6 is 0 Å². The van der Waals surface area contributed by atoms with Crippen LogP contribution in [0, 0.1) is 17.8 Å². The van der Waals surface area contributed by atoms with E-state index in [2.05, 4.69) is 54.9 Å². The molecular formula is C37H40N2O4. The lowest BCUT2D eigenvalue weighted by Crippen LogP contribution is -2.78. The smallest absolute Gasteiger partial charge is 0.299 e. The van der Waals surface area contributed by atoms with Crippen molar-refractivity contribution in [2.75, 3.05) is 19.6 Å². The normalized spacial score (nSPS) is 28.4. The van der Waals surface area contributed by atoms with Gasteiger partial charge in [0.2, 0.25) is 0 Å². The lowest BCUT2D eigenvalue weighted by molar-refractivity contribution is -0.200. The second kappa shape index (κ2) is 10.7. The number of rotatable bonds is 6. The van der Waals surface area contributed by atoms with Gasteiger partial charge >= 0.3 is 0 Å². The fourth-order valence-electron chi connectivity index (χ4n) is 8.59. The molecule has 2 bridgehead atoms. The van der Waals surface area contributed by atoms with Crippen molar-refractivity contribution in [1.29, 1.82) is 0 Å². The zero-order valence-corrected chi connectivity index (χ0v) is 25.0. The van der Waals surface area contributed by atoms with Gasteiger partial charge in [0.1, 0.15) is 6.10 Å². The molecule has 6 heteroatoms. The molecule has 1 saturated carbocycles. The quantitative estimate of drug-likeness (QED) is 0.417. The fraction of sp³-hybridized carbons (Fsp3) is 0.432. The van der Waals surface area contributed by atoms with Crippen molar-refractivity contribution in [1.82, 2.24) is 9.80 Å². The van der Waals surface area contributed by atoms with E-state index < -0.39 is 17.1 Å². The summed E-state index contributed by atoms with van der Waals surface area (Å²) in [7, 11) is 0. The van der Waals surface area contributed by atoms with Gasteiger partial charge in [0, 0.05) is 36.2 Å². The van der Waals surface area contributed by atoms with Crippen LogP contribution in [0.15, 0.2) is 72.8 Å². The van der Waals surface area contributed by atoms with Crippen molar-refractivity contribution in [2.24, 2.45) is 5.92 Å². The molecule has 3 aromatic carbocycles. The van der Waals surface area contributed by atoms with Crippen LogP contribution < -0.4 is 4.74 Å². The Kier molecular flexibility index (Phi) is 6.99. The third kappa shape index (κ3) is 4.44. The first-order valence-corrected chi connectivity index (χ1v) is 15.7. The number of likely N-dealkylation sites (tertiary alicyclic amines) is 1. The third-order valence-electron chi connectivity index (χ3n) is 10.4. The van der Waals surface area contributed by atoms with Crippen LogP contribution in [0.1, 0.15) is 55.4 Å². The van der Waals surface area contributed by atoms with Crippen LogP contribution in [-0.4, -0.2) is 69.3 Å². The fourth-order valence-corrected chi connectivity index (χ4v) is 8.59. The highest BCUT2D eigenvalue weighted by molar-refractivity contribution is 5.94. The number of carbonyl (C=O) groups excluding carboxylic acids is 1. The molecule has 4 aliphatic rings. The molecule has 2 aliphatic heterocycles. The van der Waals surface area contributed by atoms with Crippen LogP contribution in [0.25, 0.3) is 0 Å². The van der Waals surface area contributed by atoms with Gasteiger partial charge in [0.05, 0.1) is 17.1 Å². The summed E-state index contributed by atoms with van der Waals surface area (Å²) in [6, 6.07) is 23.5. The number of phenolic OH excluding ortho intramolecular Hbond substituents is 1. The maximum absolute atomic E-state index is 13.8. The highest BCUT2D eigenvalue weighted by atomic mass is 16.5. The van der Waals surface area contributed by atoms with Gasteiger partial charge in [-0.25, -0.2) is 0 Å². The van der Waals surface area contributed by atoms with Crippen LogP contribution in [0.4, 0.5) is 0 Å². The average Bonchev–Trinajstić information content (AvgIpc) is 3.37. The van der Waals surface area contributed by atoms with Crippen LogP contribution in [0.2, 0.25) is 0 Å². The van der Waals surface area contributed by atoms with Crippen LogP contribution in [-0.2, 0) is 23.1 Å². The highest BCUT2D eigenvalue weighted by Crippen LogP contribution is 2.65. The maximum Gasteiger partial charge on any atom is 0.299 e. The lowest BCUT2D eigenvalue weighted by Gasteiger charge is -2.64. The molecule has 3 aromatic rings. The standard InChI is InChI=1S/C37H40N2O4/c1-25(2)24-39(32(41)16-13-26-9-5-3-6-10-26)29-17-19-37(42)31-23-28-14-15-30(40)34-33(28)36(37,35(29)43-34)20-22-38(31)21-18-27-11-7-4-8-12-27/h3-12,14-15,25,29,31,35,40,42H,17-24H2,1-2H3/t29-,31-,35+,36+,37-/m1/s1. The Morgan fingerprint density at radius 1 is 1.07 bits per heavy atom. The van der Waals surface area contributed by atoms with E-state index in [0.717, 1.165) is 36.2 Å². The minimum absolute atomic E-state index is 0.0628. The van der Waals surface area contributed by atoms with Crippen molar-refractivity contribution in [3.8, 4) is 23.3 Å². The minimum atomic E-state index is -1.03. The second-order valence-electron chi connectivity index (χ2n) is 13.2. The minimum Gasteiger partial charge on any atom is -0.504 e. The number of aromatic hydroxyl groups is 1. The summed E-state index contributed by atoms with van der Waals surface area (Å²) in [5.74, 6) is 6.59. The SMILES string of the molecule is CC(C)CN(C(=O)C#Cc1ccccc1)[C@@H]1CC[C@@]2(O)[C@H]3Cc4ccc(O)c5c4[C@@]2(CCN3CCc2ccccc2)[C@H]1O5. The zero-order chi connectivity index (χ0) is 29.8. The van der Waals surface area contributed by atoms with Gasteiger partial charge in [-0.1, -0.05) is 74.4 Å². The Morgan fingerprint density at radius 2 is 1.81 bits per heavy atom. The van der Waals surface area contributed by atoms with E-state index in [1.807, 2.05) is 47.4 Å².